The molecular weight excluding hydrogens is 212 g/mol. The van der Waals surface area contributed by atoms with Crippen LogP contribution in [0, 0.1) is 5.92 Å². The third kappa shape index (κ3) is 2.64. The molecule has 3 atom stereocenters. The highest BCUT2D eigenvalue weighted by molar-refractivity contribution is 5.85. The minimum Gasteiger partial charge on any atom is -0.339 e. The molecule has 88 valence electrons. The fourth-order valence-electron chi connectivity index (χ4n) is 2.43. The van der Waals surface area contributed by atoms with Crippen LogP contribution in [0.25, 0.3) is 0 Å². The van der Waals surface area contributed by atoms with Gasteiger partial charge in [0.25, 0.3) is 0 Å². The highest BCUT2D eigenvalue weighted by Gasteiger charge is 2.33. The first-order chi connectivity index (χ1) is 6.68. The third-order valence-corrected chi connectivity index (χ3v) is 3.54. The van der Waals surface area contributed by atoms with Crippen molar-refractivity contribution < 1.29 is 4.79 Å². The molecule has 1 N–H and O–H groups in total. The first-order valence-electron chi connectivity index (χ1n) is 5.72. The molecule has 0 saturated carbocycles. The fourth-order valence-corrected chi connectivity index (χ4v) is 2.43. The molecular formula is C11H21ClN2O. The van der Waals surface area contributed by atoms with Gasteiger partial charge in [0, 0.05) is 12.6 Å². The Morgan fingerprint density at radius 2 is 2.00 bits per heavy atom. The lowest BCUT2D eigenvalue weighted by Crippen LogP contribution is -2.57. The van der Waals surface area contributed by atoms with Crippen molar-refractivity contribution in [2.75, 3.05) is 13.1 Å². The lowest BCUT2D eigenvalue weighted by molar-refractivity contribution is -0.139. The second-order valence-corrected chi connectivity index (χ2v) is 4.81. The van der Waals surface area contributed by atoms with E-state index in [9.17, 15) is 4.79 Å². The van der Waals surface area contributed by atoms with E-state index in [1.807, 2.05) is 0 Å². The highest BCUT2D eigenvalue weighted by Crippen LogP contribution is 2.23. The molecule has 4 heteroatoms. The topological polar surface area (TPSA) is 32.3 Å². The number of carbonyl (C=O) groups excluding carboxylic acids is 1. The maximum Gasteiger partial charge on any atom is 0.239 e. The van der Waals surface area contributed by atoms with Crippen molar-refractivity contribution in [3.05, 3.63) is 0 Å². The van der Waals surface area contributed by atoms with Gasteiger partial charge >= 0.3 is 0 Å². The average Bonchev–Trinajstić information content (AvgIpc) is 2.00. The molecule has 0 aromatic carbocycles. The van der Waals surface area contributed by atoms with Crippen molar-refractivity contribution in [3.63, 3.8) is 0 Å². The molecule has 2 saturated heterocycles. The van der Waals surface area contributed by atoms with Gasteiger partial charge in [0.2, 0.25) is 5.91 Å². The Hall–Kier alpha value is -0.280. The van der Waals surface area contributed by atoms with Gasteiger partial charge in [-0.05, 0) is 38.6 Å². The molecule has 15 heavy (non-hydrogen) atoms. The molecule has 0 radical (unpaired) electrons. The molecule has 3 nitrogen and oxygen atoms in total. The molecule has 1 amide bonds. The Bertz CT molecular complexity index is 231. The summed E-state index contributed by atoms with van der Waals surface area (Å²) in [5, 5.41) is 3.18. The van der Waals surface area contributed by atoms with Gasteiger partial charge in [-0.2, -0.15) is 0 Å². The maximum absolute atomic E-state index is 12.0. The Labute approximate surface area is 98.0 Å². The molecule has 2 rings (SSSR count). The summed E-state index contributed by atoms with van der Waals surface area (Å²) in [5.74, 6) is 1.11. The van der Waals surface area contributed by atoms with Crippen LogP contribution in [0.15, 0.2) is 0 Å². The number of piperidine rings is 1. The predicted octanol–water partition coefficient (Wildman–Crippen LogP) is 1.42. The van der Waals surface area contributed by atoms with E-state index in [4.69, 9.17) is 0 Å². The lowest BCUT2D eigenvalue weighted by Gasteiger charge is -2.40. The standard InChI is InChI=1S/C11H20N2O.ClH/c1-8-4-6-13(9(2)7-8)11(14)10-3-5-12-10;/h8-10,12H,3-7H2,1-2H3;1H/t8?,9?,10-;/m1./s1. The van der Waals surface area contributed by atoms with E-state index in [2.05, 4.69) is 24.1 Å². The summed E-state index contributed by atoms with van der Waals surface area (Å²) in [6, 6.07) is 0.569. The van der Waals surface area contributed by atoms with E-state index in [-0.39, 0.29) is 18.4 Å². The number of nitrogens with one attached hydrogen (secondary N) is 1. The molecule has 0 aromatic heterocycles. The Morgan fingerprint density at radius 1 is 1.33 bits per heavy atom. The molecule has 2 fully saturated rings. The molecule has 2 heterocycles. The number of nitrogens with zero attached hydrogens (tertiary/aromatic N) is 1. The smallest absolute Gasteiger partial charge is 0.239 e. The molecule has 2 unspecified atom stereocenters. The van der Waals surface area contributed by atoms with Crippen molar-refractivity contribution in [3.8, 4) is 0 Å². The van der Waals surface area contributed by atoms with Crippen molar-refractivity contribution >= 4 is 18.3 Å². The van der Waals surface area contributed by atoms with Gasteiger partial charge < -0.3 is 10.2 Å². The largest absolute Gasteiger partial charge is 0.339 e. The number of amides is 1. The summed E-state index contributed by atoms with van der Waals surface area (Å²) in [5.41, 5.74) is 0. The lowest BCUT2D eigenvalue weighted by atomic mass is 9.92. The number of hydrogen-bond donors (Lipinski definition) is 1. The number of halogens is 1. The second kappa shape index (κ2) is 5.17. The number of likely N-dealkylation sites (tertiary alicyclic amines) is 1. The summed E-state index contributed by atoms with van der Waals surface area (Å²) in [6.45, 7) is 6.42. The van der Waals surface area contributed by atoms with Crippen LogP contribution in [-0.2, 0) is 4.79 Å². The number of carbonyl (C=O) groups is 1. The third-order valence-electron chi connectivity index (χ3n) is 3.54. The van der Waals surface area contributed by atoms with Crippen LogP contribution in [0.3, 0.4) is 0 Å². The monoisotopic (exact) mass is 232 g/mol. The molecule has 0 aliphatic carbocycles. The van der Waals surface area contributed by atoms with Gasteiger partial charge in [0.05, 0.1) is 6.04 Å². The normalized spacial score (nSPS) is 35.3. The average molecular weight is 233 g/mol. The highest BCUT2D eigenvalue weighted by atomic mass is 35.5. The van der Waals surface area contributed by atoms with Gasteiger partial charge in [0.1, 0.15) is 0 Å². The van der Waals surface area contributed by atoms with Crippen LogP contribution in [0.5, 0.6) is 0 Å². The van der Waals surface area contributed by atoms with Crippen molar-refractivity contribution in [1.29, 1.82) is 0 Å². The SMILES string of the molecule is CC1CCN(C(=O)[C@H]2CCN2)C(C)C1.Cl. The quantitative estimate of drug-likeness (QED) is 0.742. The van der Waals surface area contributed by atoms with E-state index in [0.717, 1.165) is 25.4 Å². The van der Waals surface area contributed by atoms with Crippen LogP contribution in [0.4, 0.5) is 0 Å². The summed E-state index contributed by atoms with van der Waals surface area (Å²) in [4.78, 5) is 14.0. The van der Waals surface area contributed by atoms with Crippen molar-refractivity contribution in [1.82, 2.24) is 10.2 Å². The fraction of sp³-hybridized carbons (Fsp3) is 0.909. The van der Waals surface area contributed by atoms with Crippen LogP contribution in [0.1, 0.15) is 33.1 Å². The van der Waals surface area contributed by atoms with Gasteiger partial charge in [-0.25, -0.2) is 0 Å². The molecule has 0 spiro atoms. The summed E-state index contributed by atoms with van der Waals surface area (Å²) in [7, 11) is 0. The molecule has 2 aliphatic heterocycles. The van der Waals surface area contributed by atoms with Crippen LogP contribution >= 0.6 is 12.4 Å². The zero-order chi connectivity index (χ0) is 10.1. The van der Waals surface area contributed by atoms with E-state index < -0.39 is 0 Å². The number of hydrogen-bond acceptors (Lipinski definition) is 2. The minimum atomic E-state index is 0. The summed E-state index contributed by atoms with van der Waals surface area (Å²) < 4.78 is 0. The van der Waals surface area contributed by atoms with E-state index in [0.29, 0.717) is 11.9 Å². The second-order valence-electron chi connectivity index (χ2n) is 4.81. The summed E-state index contributed by atoms with van der Waals surface area (Å²) in [6.07, 6.45) is 3.36. The van der Waals surface area contributed by atoms with Gasteiger partial charge in [0.15, 0.2) is 0 Å². The van der Waals surface area contributed by atoms with Gasteiger partial charge in [-0.3, -0.25) is 4.79 Å². The Kier molecular flexibility index (Phi) is 4.41. The van der Waals surface area contributed by atoms with Crippen molar-refractivity contribution in [2.45, 2.75) is 45.2 Å². The first kappa shape index (κ1) is 12.8. The maximum atomic E-state index is 12.0. The van der Waals surface area contributed by atoms with Gasteiger partial charge in [-0.15, -0.1) is 12.4 Å². The van der Waals surface area contributed by atoms with E-state index >= 15 is 0 Å². The van der Waals surface area contributed by atoms with Crippen molar-refractivity contribution in [2.24, 2.45) is 5.92 Å². The summed E-state index contributed by atoms with van der Waals surface area (Å²) >= 11 is 0. The van der Waals surface area contributed by atoms with Crippen LogP contribution in [-0.4, -0.2) is 36.0 Å². The Balaban J connectivity index is 0.00000112. The minimum absolute atomic E-state index is 0. The van der Waals surface area contributed by atoms with Crippen LogP contribution < -0.4 is 5.32 Å². The predicted molar refractivity (Wildman–Crippen MR) is 63.2 cm³/mol. The number of rotatable bonds is 1. The zero-order valence-corrected chi connectivity index (χ0v) is 10.3. The van der Waals surface area contributed by atoms with Gasteiger partial charge in [-0.1, -0.05) is 6.92 Å². The Morgan fingerprint density at radius 3 is 2.47 bits per heavy atom. The zero-order valence-electron chi connectivity index (χ0n) is 9.53. The van der Waals surface area contributed by atoms with E-state index in [1.54, 1.807) is 0 Å². The van der Waals surface area contributed by atoms with E-state index in [1.165, 1.54) is 12.8 Å². The molecule has 0 aromatic rings. The first-order valence-corrected chi connectivity index (χ1v) is 5.72. The molecule has 2 aliphatic rings. The molecule has 0 bridgehead atoms. The van der Waals surface area contributed by atoms with Crippen LogP contribution in [0.2, 0.25) is 0 Å².